The first-order chi connectivity index (χ1) is 10.0. The van der Waals surface area contributed by atoms with Gasteiger partial charge in [-0.15, -0.1) is 12.4 Å². The average Bonchev–Trinajstić information content (AvgIpc) is 2.47. The number of carbonyl (C=O) groups is 1. The zero-order chi connectivity index (χ0) is 15.4. The summed E-state index contributed by atoms with van der Waals surface area (Å²) in [7, 11) is 0. The molecule has 1 unspecified atom stereocenters. The zero-order valence-electron chi connectivity index (χ0n) is 13.2. The number of hydrogen-bond donors (Lipinski definition) is 2. The summed E-state index contributed by atoms with van der Waals surface area (Å²) >= 11 is 0. The second-order valence-corrected chi connectivity index (χ2v) is 5.46. The van der Waals surface area contributed by atoms with Crippen molar-refractivity contribution >= 4 is 18.3 Å². The third-order valence-electron chi connectivity index (χ3n) is 3.69. The fourth-order valence-electron chi connectivity index (χ4n) is 2.46. The van der Waals surface area contributed by atoms with Crippen LogP contribution in [0, 0.1) is 13.8 Å². The molecule has 2 aromatic carbocycles. The van der Waals surface area contributed by atoms with Crippen molar-refractivity contribution in [1.82, 2.24) is 5.32 Å². The Morgan fingerprint density at radius 1 is 1.14 bits per heavy atom. The van der Waals surface area contributed by atoms with E-state index in [9.17, 15) is 4.79 Å². The Morgan fingerprint density at radius 2 is 1.77 bits per heavy atom. The van der Waals surface area contributed by atoms with E-state index >= 15 is 0 Å². The van der Waals surface area contributed by atoms with Gasteiger partial charge in [0.2, 0.25) is 0 Å². The smallest absolute Gasteiger partial charge is 0.251 e. The van der Waals surface area contributed by atoms with Gasteiger partial charge in [-0.05, 0) is 49.6 Å². The largest absolute Gasteiger partial charge is 0.346 e. The maximum atomic E-state index is 12.3. The number of carbonyl (C=O) groups excluding carboxylic acids is 1. The third kappa shape index (κ3) is 4.33. The van der Waals surface area contributed by atoms with Crippen LogP contribution in [0.4, 0.5) is 0 Å². The number of amides is 1. The SMILES string of the molecule is Cc1ccc(C(C)NC(=O)c2ccc(CN)cc2)c(C)c1.Cl. The van der Waals surface area contributed by atoms with Crippen LogP contribution in [0.15, 0.2) is 42.5 Å². The van der Waals surface area contributed by atoms with Gasteiger partial charge in [-0.1, -0.05) is 35.9 Å². The summed E-state index contributed by atoms with van der Waals surface area (Å²) in [5.74, 6) is -0.0638. The van der Waals surface area contributed by atoms with Gasteiger partial charge in [0.15, 0.2) is 0 Å². The lowest BCUT2D eigenvalue weighted by Gasteiger charge is -2.17. The summed E-state index contributed by atoms with van der Waals surface area (Å²) in [6.45, 7) is 6.63. The fourth-order valence-corrected chi connectivity index (χ4v) is 2.46. The van der Waals surface area contributed by atoms with Crippen LogP contribution in [0.3, 0.4) is 0 Å². The van der Waals surface area contributed by atoms with Crippen molar-refractivity contribution in [3.05, 3.63) is 70.3 Å². The first-order valence-electron chi connectivity index (χ1n) is 7.18. The van der Waals surface area contributed by atoms with Gasteiger partial charge in [0.25, 0.3) is 5.91 Å². The van der Waals surface area contributed by atoms with Gasteiger partial charge in [0, 0.05) is 12.1 Å². The molecule has 0 bridgehead atoms. The van der Waals surface area contributed by atoms with E-state index in [1.54, 1.807) is 0 Å². The lowest BCUT2D eigenvalue weighted by Crippen LogP contribution is -2.27. The van der Waals surface area contributed by atoms with Gasteiger partial charge in [-0.2, -0.15) is 0 Å². The van der Waals surface area contributed by atoms with E-state index in [1.165, 1.54) is 11.1 Å². The Bertz CT molecular complexity index is 638. The number of rotatable bonds is 4. The first kappa shape index (κ1) is 18.2. The fraction of sp³-hybridized carbons (Fsp3) is 0.278. The predicted octanol–water partition coefficient (Wildman–Crippen LogP) is 3.67. The maximum Gasteiger partial charge on any atom is 0.251 e. The van der Waals surface area contributed by atoms with E-state index in [2.05, 4.69) is 37.4 Å². The van der Waals surface area contributed by atoms with Crippen molar-refractivity contribution in [2.45, 2.75) is 33.4 Å². The van der Waals surface area contributed by atoms with Crippen molar-refractivity contribution in [3.8, 4) is 0 Å². The van der Waals surface area contributed by atoms with Crippen molar-refractivity contribution in [2.24, 2.45) is 5.73 Å². The highest BCUT2D eigenvalue weighted by atomic mass is 35.5. The van der Waals surface area contributed by atoms with Gasteiger partial charge >= 0.3 is 0 Å². The van der Waals surface area contributed by atoms with Gasteiger partial charge in [-0.25, -0.2) is 0 Å². The molecule has 0 aromatic heterocycles. The maximum absolute atomic E-state index is 12.3. The molecule has 3 N–H and O–H groups in total. The van der Waals surface area contributed by atoms with Crippen molar-refractivity contribution in [1.29, 1.82) is 0 Å². The van der Waals surface area contributed by atoms with Crippen LogP contribution in [-0.4, -0.2) is 5.91 Å². The molecule has 0 saturated heterocycles. The van der Waals surface area contributed by atoms with Crippen molar-refractivity contribution < 1.29 is 4.79 Å². The molecule has 22 heavy (non-hydrogen) atoms. The van der Waals surface area contributed by atoms with Gasteiger partial charge in [0.1, 0.15) is 0 Å². The van der Waals surface area contributed by atoms with E-state index in [-0.39, 0.29) is 24.4 Å². The Labute approximate surface area is 138 Å². The van der Waals surface area contributed by atoms with Crippen LogP contribution in [0.2, 0.25) is 0 Å². The minimum Gasteiger partial charge on any atom is -0.346 e. The molecule has 0 spiro atoms. The van der Waals surface area contributed by atoms with Crippen LogP contribution >= 0.6 is 12.4 Å². The molecule has 0 radical (unpaired) electrons. The second-order valence-electron chi connectivity index (χ2n) is 5.46. The van der Waals surface area contributed by atoms with Crippen LogP contribution in [0.1, 0.15) is 45.6 Å². The summed E-state index contributed by atoms with van der Waals surface area (Å²) in [5.41, 5.74) is 10.8. The van der Waals surface area contributed by atoms with Crippen LogP contribution in [0.5, 0.6) is 0 Å². The molecule has 3 nitrogen and oxygen atoms in total. The second kappa shape index (κ2) is 7.97. The third-order valence-corrected chi connectivity index (χ3v) is 3.69. The number of hydrogen-bond acceptors (Lipinski definition) is 2. The van der Waals surface area contributed by atoms with Crippen LogP contribution < -0.4 is 11.1 Å². The molecule has 0 fully saturated rings. The molecule has 1 atom stereocenters. The molecule has 118 valence electrons. The van der Waals surface area contributed by atoms with Gasteiger partial charge in [-0.3, -0.25) is 4.79 Å². The lowest BCUT2D eigenvalue weighted by molar-refractivity contribution is 0.0940. The van der Waals surface area contributed by atoms with E-state index in [0.29, 0.717) is 12.1 Å². The number of benzene rings is 2. The number of nitrogens with one attached hydrogen (secondary N) is 1. The average molecular weight is 319 g/mol. The van der Waals surface area contributed by atoms with Gasteiger partial charge in [0.05, 0.1) is 6.04 Å². The molecule has 0 heterocycles. The van der Waals surface area contributed by atoms with Crippen LogP contribution in [0.25, 0.3) is 0 Å². The summed E-state index contributed by atoms with van der Waals surface area (Å²) < 4.78 is 0. The normalized spacial score (nSPS) is 11.5. The Kier molecular flexibility index (Phi) is 6.60. The molecule has 0 aliphatic rings. The van der Waals surface area contributed by atoms with Gasteiger partial charge < -0.3 is 11.1 Å². The summed E-state index contributed by atoms with van der Waals surface area (Å²) in [4.78, 5) is 12.3. The Hall–Kier alpha value is -1.84. The van der Waals surface area contributed by atoms with E-state index in [0.717, 1.165) is 11.1 Å². The number of aryl methyl sites for hydroxylation is 2. The highest BCUT2D eigenvalue weighted by molar-refractivity contribution is 5.94. The van der Waals surface area contributed by atoms with Crippen molar-refractivity contribution in [3.63, 3.8) is 0 Å². The standard InChI is InChI=1S/C18H22N2O.ClH/c1-12-4-9-17(13(2)10-12)14(3)20-18(21)16-7-5-15(11-19)6-8-16;/h4-10,14H,11,19H2,1-3H3,(H,20,21);1H. The Balaban J connectivity index is 0.00000242. The minimum absolute atomic E-state index is 0. The van der Waals surface area contributed by atoms with Crippen molar-refractivity contribution in [2.75, 3.05) is 0 Å². The predicted molar refractivity (Wildman–Crippen MR) is 93.4 cm³/mol. The number of nitrogens with two attached hydrogens (primary N) is 1. The summed E-state index contributed by atoms with van der Waals surface area (Å²) in [6, 6.07) is 13.7. The molecule has 0 aliphatic heterocycles. The molecule has 2 rings (SSSR count). The minimum atomic E-state index is -0.0638. The molecule has 0 saturated carbocycles. The highest BCUT2D eigenvalue weighted by Gasteiger charge is 2.13. The molecule has 4 heteroatoms. The molecular formula is C18H23ClN2O. The zero-order valence-corrected chi connectivity index (χ0v) is 14.0. The molecule has 1 amide bonds. The highest BCUT2D eigenvalue weighted by Crippen LogP contribution is 2.19. The first-order valence-corrected chi connectivity index (χ1v) is 7.18. The molecular weight excluding hydrogens is 296 g/mol. The number of halogens is 1. The monoisotopic (exact) mass is 318 g/mol. The Morgan fingerprint density at radius 3 is 2.32 bits per heavy atom. The topological polar surface area (TPSA) is 55.1 Å². The molecule has 0 aliphatic carbocycles. The van der Waals surface area contributed by atoms with E-state index in [4.69, 9.17) is 5.73 Å². The summed E-state index contributed by atoms with van der Waals surface area (Å²) in [5, 5.41) is 3.04. The lowest BCUT2D eigenvalue weighted by atomic mass is 10.00. The summed E-state index contributed by atoms with van der Waals surface area (Å²) in [6.07, 6.45) is 0. The quantitative estimate of drug-likeness (QED) is 0.903. The van der Waals surface area contributed by atoms with E-state index < -0.39 is 0 Å². The molecule has 2 aromatic rings. The van der Waals surface area contributed by atoms with E-state index in [1.807, 2.05) is 31.2 Å². The van der Waals surface area contributed by atoms with Crippen LogP contribution in [-0.2, 0) is 6.54 Å².